The van der Waals surface area contributed by atoms with E-state index in [2.05, 4.69) is 29.2 Å². The van der Waals surface area contributed by atoms with Crippen LogP contribution in [-0.4, -0.2) is 4.98 Å². The predicted octanol–water partition coefficient (Wildman–Crippen LogP) is 8.82. The second-order valence-corrected chi connectivity index (χ2v) is 8.34. The molecule has 0 unspecified atom stereocenters. The third-order valence-electron chi connectivity index (χ3n) is 6.08. The van der Waals surface area contributed by atoms with Crippen LogP contribution in [0.1, 0.15) is 18.1 Å². The van der Waals surface area contributed by atoms with Gasteiger partial charge in [-0.15, -0.1) is 0 Å². The fourth-order valence-electron chi connectivity index (χ4n) is 4.20. The molecule has 0 N–H and O–H groups in total. The van der Waals surface area contributed by atoms with Crippen LogP contribution in [0.4, 0.5) is 13.2 Å². The van der Waals surface area contributed by atoms with Crippen molar-refractivity contribution >= 4 is 10.8 Å². The lowest BCUT2D eigenvalue weighted by Gasteiger charge is -2.13. The highest BCUT2D eigenvalue weighted by Crippen LogP contribution is 2.35. The smallest absolute Gasteiger partial charge is 0.256 e. The summed E-state index contributed by atoms with van der Waals surface area (Å²) in [5.74, 6) is 0. The molecular formula is C30H22F3N. The van der Waals surface area contributed by atoms with Crippen molar-refractivity contribution in [3.8, 4) is 33.5 Å². The predicted molar refractivity (Wildman–Crippen MR) is 132 cm³/mol. The lowest BCUT2D eigenvalue weighted by Crippen LogP contribution is -2.06. The maximum atomic E-state index is 13.4. The van der Waals surface area contributed by atoms with Crippen LogP contribution < -0.4 is 0 Å². The summed E-state index contributed by atoms with van der Waals surface area (Å²) in [7, 11) is 0. The first-order chi connectivity index (χ1) is 16.4. The van der Waals surface area contributed by atoms with Crippen molar-refractivity contribution in [1.29, 1.82) is 0 Å². The van der Waals surface area contributed by atoms with Gasteiger partial charge in [-0.3, -0.25) is 4.98 Å². The monoisotopic (exact) mass is 453 g/mol. The van der Waals surface area contributed by atoms with E-state index in [9.17, 15) is 13.2 Å². The van der Waals surface area contributed by atoms with E-state index in [0.717, 1.165) is 38.7 Å². The SMILES string of the molecule is CCc1cc(-c2ccc3ccc(-c4ccc(-c5ccccn5)cc4)cc3c2)cc(C(F)(F)F)c1. The Labute approximate surface area is 196 Å². The van der Waals surface area contributed by atoms with Gasteiger partial charge in [-0.1, -0.05) is 67.6 Å². The molecule has 0 fully saturated rings. The Bertz CT molecular complexity index is 1450. The Morgan fingerprint density at radius 3 is 1.88 bits per heavy atom. The average Bonchev–Trinajstić information content (AvgIpc) is 2.88. The van der Waals surface area contributed by atoms with Gasteiger partial charge in [0, 0.05) is 11.8 Å². The van der Waals surface area contributed by atoms with Gasteiger partial charge in [-0.05, 0) is 81.4 Å². The van der Waals surface area contributed by atoms with Crippen molar-refractivity contribution in [2.24, 2.45) is 0 Å². The maximum absolute atomic E-state index is 13.4. The van der Waals surface area contributed by atoms with Gasteiger partial charge >= 0.3 is 6.18 Å². The lowest BCUT2D eigenvalue weighted by atomic mass is 9.95. The Morgan fingerprint density at radius 1 is 0.618 bits per heavy atom. The third kappa shape index (κ3) is 4.44. The molecule has 5 rings (SSSR count). The number of fused-ring (bicyclic) bond motifs is 1. The molecule has 0 amide bonds. The summed E-state index contributed by atoms with van der Waals surface area (Å²) in [5.41, 5.74) is 5.51. The van der Waals surface area contributed by atoms with Crippen LogP contribution in [-0.2, 0) is 12.6 Å². The first-order valence-corrected chi connectivity index (χ1v) is 11.2. The zero-order valence-corrected chi connectivity index (χ0v) is 18.6. The number of hydrogen-bond donors (Lipinski definition) is 0. The van der Waals surface area contributed by atoms with Crippen molar-refractivity contribution in [1.82, 2.24) is 4.98 Å². The van der Waals surface area contributed by atoms with Gasteiger partial charge in [-0.2, -0.15) is 13.2 Å². The quantitative estimate of drug-likeness (QED) is 0.265. The standard InChI is InChI=1S/C30H22F3N/c1-2-20-15-26(19-28(16-20)30(31,32)33)25-13-9-22-8-12-24(17-27(22)18-25)21-6-10-23(11-7-21)29-5-3-4-14-34-29/h3-19H,2H2,1H3. The Balaban J connectivity index is 1.53. The minimum Gasteiger partial charge on any atom is -0.256 e. The number of halogens is 3. The van der Waals surface area contributed by atoms with Gasteiger partial charge in [0.25, 0.3) is 0 Å². The molecule has 0 bridgehead atoms. The molecule has 1 aromatic heterocycles. The molecule has 0 aliphatic rings. The Hall–Kier alpha value is -3.92. The van der Waals surface area contributed by atoms with E-state index in [-0.39, 0.29) is 0 Å². The molecule has 0 atom stereocenters. The molecule has 1 heterocycles. The number of rotatable bonds is 4. The number of benzene rings is 4. The van der Waals surface area contributed by atoms with Crippen molar-refractivity contribution in [2.45, 2.75) is 19.5 Å². The molecule has 4 heteroatoms. The van der Waals surface area contributed by atoms with Gasteiger partial charge < -0.3 is 0 Å². The highest BCUT2D eigenvalue weighted by molar-refractivity contribution is 5.91. The van der Waals surface area contributed by atoms with E-state index >= 15 is 0 Å². The second kappa shape index (κ2) is 8.79. The molecular weight excluding hydrogens is 431 g/mol. The molecule has 0 saturated heterocycles. The van der Waals surface area contributed by atoms with Gasteiger partial charge in [0.05, 0.1) is 11.3 Å². The summed E-state index contributed by atoms with van der Waals surface area (Å²) in [6.45, 7) is 1.87. The van der Waals surface area contributed by atoms with Crippen LogP contribution in [0, 0.1) is 0 Å². The highest BCUT2D eigenvalue weighted by Gasteiger charge is 2.31. The van der Waals surface area contributed by atoms with E-state index in [1.807, 2.05) is 67.6 Å². The molecule has 0 aliphatic carbocycles. The first-order valence-electron chi connectivity index (χ1n) is 11.2. The fourth-order valence-corrected chi connectivity index (χ4v) is 4.20. The van der Waals surface area contributed by atoms with Crippen molar-refractivity contribution < 1.29 is 13.2 Å². The molecule has 34 heavy (non-hydrogen) atoms. The zero-order valence-electron chi connectivity index (χ0n) is 18.6. The number of aryl methyl sites for hydroxylation is 1. The fraction of sp³-hybridized carbons (Fsp3) is 0.100. The molecule has 4 aromatic carbocycles. The topological polar surface area (TPSA) is 12.9 Å². The minimum atomic E-state index is -4.37. The van der Waals surface area contributed by atoms with E-state index < -0.39 is 11.7 Å². The zero-order chi connectivity index (χ0) is 23.7. The van der Waals surface area contributed by atoms with Crippen molar-refractivity contribution in [3.05, 3.63) is 114 Å². The summed E-state index contributed by atoms with van der Waals surface area (Å²) >= 11 is 0. The maximum Gasteiger partial charge on any atom is 0.416 e. The molecule has 0 aliphatic heterocycles. The molecule has 0 spiro atoms. The van der Waals surface area contributed by atoms with Gasteiger partial charge in [0.2, 0.25) is 0 Å². The summed E-state index contributed by atoms with van der Waals surface area (Å²) in [5, 5.41) is 2.03. The number of aromatic nitrogens is 1. The summed E-state index contributed by atoms with van der Waals surface area (Å²) < 4.78 is 40.3. The molecule has 0 radical (unpaired) electrons. The number of alkyl halides is 3. The van der Waals surface area contributed by atoms with E-state index in [1.54, 1.807) is 6.20 Å². The van der Waals surface area contributed by atoms with Gasteiger partial charge in [-0.25, -0.2) is 0 Å². The first kappa shape index (κ1) is 21.9. The van der Waals surface area contributed by atoms with E-state index in [0.29, 0.717) is 17.5 Å². The van der Waals surface area contributed by atoms with E-state index in [1.165, 1.54) is 12.1 Å². The highest BCUT2D eigenvalue weighted by atomic mass is 19.4. The summed E-state index contributed by atoms with van der Waals surface area (Å²) in [6, 6.07) is 30.4. The van der Waals surface area contributed by atoms with Crippen molar-refractivity contribution in [3.63, 3.8) is 0 Å². The van der Waals surface area contributed by atoms with Gasteiger partial charge in [0.15, 0.2) is 0 Å². The Kier molecular flexibility index (Phi) is 5.66. The largest absolute Gasteiger partial charge is 0.416 e. The summed E-state index contributed by atoms with van der Waals surface area (Å²) in [6.07, 6.45) is -2.05. The summed E-state index contributed by atoms with van der Waals surface area (Å²) in [4.78, 5) is 4.39. The third-order valence-corrected chi connectivity index (χ3v) is 6.08. The van der Waals surface area contributed by atoms with Crippen LogP contribution in [0.5, 0.6) is 0 Å². The van der Waals surface area contributed by atoms with Crippen LogP contribution in [0.3, 0.4) is 0 Å². The molecule has 5 aromatic rings. The lowest BCUT2D eigenvalue weighted by molar-refractivity contribution is -0.137. The van der Waals surface area contributed by atoms with Crippen LogP contribution in [0.25, 0.3) is 44.3 Å². The number of nitrogens with zero attached hydrogens (tertiary/aromatic N) is 1. The van der Waals surface area contributed by atoms with Crippen LogP contribution >= 0.6 is 0 Å². The number of hydrogen-bond acceptors (Lipinski definition) is 1. The average molecular weight is 454 g/mol. The van der Waals surface area contributed by atoms with Crippen molar-refractivity contribution in [2.75, 3.05) is 0 Å². The number of pyridine rings is 1. The second-order valence-electron chi connectivity index (χ2n) is 8.34. The normalized spacial score (nSPS) is 11.6. The Morgan fingerprint density at radius 2 is 1.26 bits per heavy atom. The molecule has 0 saturated carbocycles. The minimum absolute atomic E-state index is 0.545. The molecule has 1 nitrogen and oxygen atoms in total. The van der Waals surface area contributed by atoms with Gasteiger partial charge in [0.1, 0.15) is 0 Å². The molecule has 168 valence electrons. The van der Waals surface area contributed by atoms with Crippen LogP contribution in [0.15, 0.2) is 103 Å². The van der Waals surface area contributed by atoms with Crippen LogP contribution in [0.2, 0.25) is 0 Å². The van der Waals surface area contributed by atoms with E-state index in [4.69, 9.17) is 0 Å².